The molecule has 0 radical (unpaired) electrons. The molecule has 1 aliphatic rings. The maximum absolute atomic E-state index is 11.6. The van der Waals surface area contributed by atoms with E-state index in [-0.39, 0.29) is 18.3 Å². The molecule has 3 heteroatoms. The van der Waals surface area contributed by atoms with Crippen LogP contribution in [0.4, 0.5) is 0 Å². The van der Waals surface area contributed by atoms with Crippen LogP contribution in [0.1, 0.15) is 40.0 Å². The minimum Gasteiger partial charge on any atom is -0.469 e. The smallest absolute Gasteiger partial charge is 0.306 e. The third-order valence-electron chi connectivity index (χ3n) is 4.63. The average molecular weight is 266 g/mol. The maximum Gasteiger partial charge on any atom is 0.306 e. The average Bonchev–Trinajstić information content (AvgIpc) is 2.31. The number of allylic oxidation sites excluding steroid dienone is 2. The van der Waals surface area contributed by atoms with Crippen molar-refractivity contribution in [1.29, 1.82) is 0 Å². The molecule has 108 valence electrons. The van der Waals surface area contributed by atoms with Crippen molar-refractivity contribution in [3.8, 4) is 0 Å². The van der Waals surface area contributed by atoms with Crippen LogP contribution in [-0.4, -0.2) is 24.3 Å². The zero-order valence-corrected chi connectivity index (χ0v) is 12.5. The van der Waals surface area contributed by atoms with Gasteiger partial charge < -0.3 is 9.84 Å². The molecular weight excluding hydrogens is 240 g/mol. The summed E-state index contributed by atoms with van der Waals surface area (Å²) in [5, 5.41) is 10.5. The first kappa shape index (κ1) is 16.0. The summed E-state index contributed by atoms with van der Waals surface area (Å²) in [4.78, 5) is 11.6. The molecular formula is C16H26O3. The van der Waals surface area contributed by atoms with Gasteiger partial charge in [0, 0.05) is 5.41 Å². The van der Waals surface area contributed by atoms with Gasteiger partial charge in [0.2, 0.25) is 0 Å². The topological polar surface area (TPSA) is 46.5 Å². The van der Waals surface area contributed by atoms with E-state index in [9.17, 15) is 9.90 Å². The fraction of sp³-hybridized carbons (Fsp3) is 0.688. The molecule has 0 amide bonds. The number of hydrogen-bond acceptors (Lipinski definition) is 3. The van der Waals surface area contributed by atoms with Gasteiger partial charge in [0.1, 0.15) is 0 Å². The summed E-state index contributed by atoms with van der Waals surface area (Å²) in [6.07, 6.45) is 1.25. The van der Waals surface area contributed by atoms with Crippen molar-refractivity contribution in [2.45, 2.75) is 46.1 Å². The summed E-state index contributed by atoms with van der Waals surface area (Å²) < 4.78 is 4.77. The molecule has 4 atom stereocenters. The standard InChI is InChI=1S/C16H26O3/c1-10(2)12-7-13(11(3)4)16(5,14(17)8-12)9-15(18)19-6/h12-14,17H,1,3,7-9H2,2,4-6H3/t12-,13+,14?,16-/m1/s1. The Balaban J connectivity index is 3.03. The van der Waals surface area contributed by atoms with E-state index in [1.807, 2.05) is 20.8 Å². The first-order valence-corrected chi connectivity index (χ1v) is 6.78. The number of aliphatic hydroxyl groups excluding tert-OH is 1. The third-order valence-corrected chi connectivity index (χ3v) is 4.63. The number of hydrogen-bond donors (Lipinski definition) is 1. The second-order valence-electron chi connectivity index (χ2n) is 6.19. The van der Waals surface area contributed by atoms with E-state index in [0.29, 0.717) is 12.3 Å². The Bertz CT molecular complexity index is 385. The van der Waals surface area contributed by atoms with Gasteiger partial charge in [0.25, 0.3) is 0 Å². The van der Waals surface area contributed by atoms with Crippen LogP contribution in [0.25, 0.3) is 0 Å². The lowest BCUT2D eigenvalue weighted by Gasteiger charge is -2.48. The lowest BCUT2D eigenvalue weighted by Crippen LogP contribution is -2.47. The van der Waals surface area contributed by atoms with Crippen molar-refractivity contribution in [2.75, 3.05) is 7.11 Å². The Labute approximate surface area is 116 Å². The fourth-order valence-corrected chi connectivity index (χ4v) is 3.21. The molecule has 1 saturated carbocycles. The van der Waals surface area contributed by atoms with Crippen LogP contribution in [0, 0.1) is 17.3 Å². The van der Waals surface area contributed by atoms with Crippen LogP contribution >= 0.6 is 0 Å². The quantitative estimate of drug-likeness (QED) is 0.628. The minimum absolute atomic E-state index is 0.108. The van der Waals surface area contributed by atoms with E-state index in [4.69, 9.17) is 4.74 Å². The summed E-state index contributed by atoms with van der Waals surface area (Å²) in [5.74, 6) is 0.126. The van der Waals surface area contributed by atoms with Gasteiger partial charge in [-0.2, -0.15) is 0 Å². The number of carbonyl (C=O) groups is 1. The van der Waals surface area contributed by atoms with Gasteiger partial charge in [-0.25, -0.2) is 0 Å². The molecule has 19 heavy (non-hydrogen) atoms. The summed E-state index contributed by atoms with van der Waals surface area (Å²) in [6, 6.07) is 0. The predicted molar refractivity (Wildman–Crippen MR) is 76.6 cm³/mol. The molecule has 0 aromatic heterocycles. The number of methoxy groups -OCH3 is 1. The zero-order valence-electron chi connectivity index (χ0n) is 12.5. The second-order valence-corrected chi connectivity index (χ2v) is 6.19. The highest BCUT2D eigenvalue weighted by molar-refractivity contribution is 5.70. The fourth-order valence-electron chi connectivity index (χ4n) is 3.21. The van der Waals surface area contributed by atoms with Crippen molar-refractivity contribution in [3.05, 3.63) is 24.3 Å². The molecule has 0 aliphatic heterocycles. The van der Waals surface area contributed by atoms with Crippen molar-refractivity contribution < 1.29 is 14.6 Å². The molecule has 3 nitrogen and oxygen atoms in total. The van der Waals surface area contributed by atoms with Crippen LogP contribution in [0.15, 0.2) is 24.3 Å². The summed E-state index contributed by atoms with van der Waals surface area (Å²) >= 11 is 0. The normalized spacial score (nSPS) is 34.7. The Kier molecular flexibility index (Phi) is 4.97. The van der Waals surface area contributed by atoms with Gasteiger partial charge in [-0.1, -0.05) is 31.2 Å². The van der Waals surface area contributed by atoms with Gasteiger partial charge in [-0.05, 0) is 38.5 Å². The predicted octanol–water partition coefficient (Wildman–Crippen LogP) is 3.10. The number of aliphatic hydroxyl groups is 1. The molecule has 0 spiro atoms. The van der Waals surface area contributed by atoms with Gasteiger partial charge in [-0.15, -0.1) is 0 Å². The van der Waals surface area contributed by atoms with E-state index in [1.165, 1.54) is 7.11 Å². The summed E-state index contributed by atoms with van der Waals surface area (Å²) in [6.45, 7) is 14.0. The lowest BCUT2D eigenvalue weighted by atomic mass is 9.58. The van der Waals surface area contributed by atoms with Crippen molar-refractivity contribution >= 4 is 5.97 Å². The van der Waals surface area contributed by atoms with Crippen LogP contribution < -0.4 is 0 Å². The molecule has 1 unspecified atom stereocenters. The van der Waals surface area contributed by atoms with E-state index in [2.05, 4.69) is 13.2 Å². The number of ether oxygens (including phenoxy) is 1. The molecule has 1 rings (SSSR count). The number of rotatable bonds is 4. The number of carbonyl (C=O) groups excluding carboxylic acids is 1. The monoisotopic (exact) mass is 266 g/mol. The molecule has 0 aromatic carbocycles. The van der Waals surface area contributed by atoms with Crippen LogP contribution in [-0.2, 0) is 9.53 Å². The van der Waals surface area contributed by atoms with Gasteiger partial charge in [-0.3, -0.25) is 4.79 Å². The van der Waals surface area contributed by atoms with E-state index >= 15 is 0 Å². The van der Waals surface area contributed by atoms with E-state index in [0.717, 1.165) is 17.6 Å². The molecule has 1 N–H and O–H groups in total. The van der Waals surface area contributed by atoms with Crippen LogP contribution in [0.3, 0.4) is 0 Å². The molecule has 0 aromatic rings. The Hall–Kier alpha value is -1.09. The highest BCUT2D eigenvalue weighted by Gasteiger charge is 2.48. The van der Waals surface area contributed by atoms with E-state index in [1.54, 1.807) is 0 Å². The molecule has 1 fully saturated rings. The van der Waals surface area contributed by atoms with Crippen molar-refractivity contribution in [1.82, 2.24) is 0 Å². The first-order chi connectivity index (χ1) is 8.72. The second kappa shape index (κ2) is 5.91. The van der Waals surface area contributed by atoms with Gasteiger partial charge >= 0.3 is 5.97 Å². The zero-order chi connectivity index (χ0) is 14.8. The highest BCUT2D eigenvalue weighted by Crippen LogP contribution is 2.50. The molecule has 1 aliphatic carbocycles. The molecule has 0 bridgehead atoms. The van der Waals surface area contributed by atoms with Crippen molar-refractivity contribution in [2.24, 2.45) is 17.3 Å². The van der Waals surface area contributed by atoms with Crippen LogP contribution in [0.5, 0.6) is 0 Å². The summed E-state index contributed by atoms with van der Waals surface area (Å²) in [5.41, 5.74) is 1.60. The first-order valence-electron chi connectivity index (χ1n) is 6.78. The Morgan fingerprint density at radius 1 is 1.32 bits per heavy atom. The highest BCUT2D eigenvalue weighted by atomic mass is 16.5. The lowest BCUT2D eigenvalue weighted by molar-refractivity contribution is -0.149. The molecule has 0 heterocycles. The van der Waals surface area contributed by atoms with Crippen LogP contribution in [0.2, 0.25) is 0 Å². The Morgan fingerprint density at radius 3 is 2.32 bits per heavy atom. The van der Waals surface area contributed by atoms with Crippen molar-refractivity contribution in [3.63, 3.8) is 0 Å². The van der Waals surface area contributed by atoms with Gasteiger partial charge in [0.05, 0.1) is 19.6 Å². The SMILES string of the molecule is C=C(C)[C@H]1CC(O)[C@](C)(CC(=O)OC)[C@H](C(=C)C)C1. The van der Waals surface area contributed by atoms with Gasteiger partial charge in [0.15, 0.2) is 0 Å². The number of esters is 1. The molecule has 0 saturated heterocycles. The maximum atomic E-state index is 11.6. The minimum atomic E-state index is -0.538. The third kappa shape index (κ3) is 3.27. The summed E-state index contributed by atoms with van der Waals surface area (Å²) in [7, 11) is 1.38. The van der Waals surface area contributed by atoms with E-state index < -0.39 is 11.5 Å². The largest absolute Gasteiger partial charge is 0.469 e. The Morgan fingerprint density at radius 2 is 1.89 bits per heavy atom.